The highest BCUT2D eigenvalue weighted by atomic mass is 35.5. The van der Waals surface area contributed by atoms with Gasteiger partial charge in [-0.3, -0.25) is 9.78 Å². The van der Waals surface area contributed by atoms with Gasteiger partial charge in [0.25, 0.3) is 0 Å². The number of halogens is 1. The van der Waals surface area contributed by atoms with Crippen LogP contribution in [-0.2, 0) is 10.0 Å². The first-order valence-electron chi connectivity index (χ1n) is 9.74. The summed E-state index contributed by atoms with van der Waals surface area (Å²) in [7, 11) is -3.78. The van der Waals surface area contributed by atoms with Crippen LogP contribution in [0.1, 0.15) is 10.4 Å². The Kier molecular flexibility index (Phi) is 6.06. The van der Waals surface area contributed by atoms with Gasteiger partial charge < -0.3 is 11.1 Å². The Hall–Kier alpha value is -2.78. The molecule has 0 radical (unpaired) electrons. The maximum atomic E-state index is 13.4. The molecule has 9 heteroatoms. The molecule has 1 aromatic heterocycles. The van der Waals surface area contributed by atoms with Gasteiger partial charge >= 0.3 is 0 Å². The first kappa shape index (κ1) is 21.5. The van der Waals surface area contributed by atoms with E-state index in [4.69, 9.17) is 17.3 Å². The van der Waals surface area contributed by atoms with E-state index in [9.17, 15) is 13.2 Å². The number of pyridine rings is 1. The molecular weight excluding hydrogens is 436 g/mol. The van der Waals surface area contributed by atoms with E-state index in [2.05, 4.69) is 10.3 Å². The molecule has 0 unspecified atom stereocenters. The molecule has 1 fully saturated rings. The van der Waals surface area contributed by atoms with Crippen molar-refractivity contribution in [2.75, 3.05) is 26.2 Å². The Morgan fingerprint density at radius 1 is 1.03 bits per heavy atom. The van der Waals surface area contributed by atoms with Crippen molar-refractivity contribution in [1.82, 2.24) is 14.6 Å². The molecule has 3 N–H and O–H groups in total. The third-order valence-corrected chi connectivity index (χ3v) is 7.46. The quantitative estimate of drug-likeness (QED) is 0.614. The fourth-order valence-corrected chi connectivity index (χ4v) is 5.42. The minimum absolute atomic E-state index is 0.119. The Bertz CT molecular complexity index is 1230. The van der Waals surface area contributed by atoms with Crippen LogP contribution in [-0.4, -0.2) is 49.8 Å². The average molecular weight is 457 g/mol. The molecule has 0 spiro atoms. The molecule has 1 aliphatic heterocycles. The largest absolute Gasteiger partial charge is 0.366 e. The molecule has 2 heterocycles. The van der Waals surface area contributed by atoms with Gasteiger partial charge in [0.05, 0.1) is 10.6 Å². The molecule has 1 saturated heterocycles. The van der Waals surface area contributed by atoms with E-state index < -0.39 is 15.9 Å². The standard InChI is InChI=1S/C22H21ClN4O3S/c23-19-6-4-15(13-18(19)20-3-1-2-8-26-20)17-14-16(22(24)28)5-7-21(17)31(29,30)27-11-9-25-10-12-27/h1-8,13-14,25H,9-12H2,(H2,24,28). The first-order valence-corrected chi connectivity index (χ1v) is 11.6. The molecule has 3 aromatic rings. The number of amides is 1. The summed E-state index contributed by atoms with van der Waals surface area (Å²) in [5, 5.41) is 3.64. The molecule has 4 rings (SSSR count). The number of aromatic nitrogens is 1. The fourth-order valence-electron chi connectivity index (χ4n) is 3.57. The average Bonchev–Trinajstić information content (AvgIpc) is 2.80. The number of nitrogens with two attached hydrogens (primary N) is 1. The summed E-state index contributed by atoms with van der Waals surface area (Å²) in [5.74, 6) is -0.633. The van der Waals surface area contributed by atoms with E-state index in [-0.39, 0.29) is 10.5 Å². The zero-order chi connectivity index (χ0) is 22.0. The van der Waals surface area contributed by atoms with Gasteiger partial charge in [-0.1, -0.05) is 23.7 Å². The highest BCUT2D eigenvalue weighted by Gasteiger charge is 2.29. The number of hydrogen-bond donors (Lipinski definition) is 2. The number of piperazine rings is 1. The smallest absolute Gasteiger partial charge is 0.248 e. The number of primary amides is 1. The van der Waals surface area contributed by atoms with Crippen molar-refractivity contribution >= 4 is 27.5 Å². The minimum Gasteiger partial charge on any atom is -0.366 e. The molecule has 160 valence electrons. The second-order valence-corrected chi connectivity index (χ2v) is 9.45. The van der Waals surface area contributed by atoms with Crippen LogP contribution in [0, 0.1) is 0 Å². The number of nitrogens with one attached hydrogen (secondary N) is 1. The molecule has 7 nitrogen and oxygen atoms in total. The highest BCUT2D eigenvalue weighted by molar-refractivity contribution is 7.89. The van der Waals surface area contributed by atoms with Crippen LogP contribution in [0.3, 0.4) is 0 Å². The van der Waals surface area contributed by atoms with Crippen molar-refractivity contribution in [3.8, 4) is 22.4 Å². The minimum atomic E-state index is -3.78. The van der Waals surface area contributed by atoms with E-state index in [1.54, 1.807) is 30.5 Å². The van der Waals surface area contributed by atoms with E-state index in [0.29, 0.717) is 53.6 Å². The predicted molar refractivity (Wildman–Crippen MR) is 120 cm³/mol. The summed E-state index contributed by atoms with van der Waals surface area (Å²) in [5.41, 5.74) is 8.01. The molecule has 1 aliphatic rings. The number of hydrogen-bond acceptors (Lipinski definition) is 5. The van der Waals surface area contributed by atoms with Crippen molar-refractivity contribution in [3.05, 3.63) is 71.4 Å². The van der Waals surface area contributed by atoms with Gasteiger partial charge in [-0.2, -0.15) is 4.31 Å². The van der Waals surface area contributed by atoms with Crippen molar-refractivity contribution in [3.63, 3.8) is 0 Å². The lowest BCUT2D eigenvalue weighted by molar-refractivity contribution is 0.1000. The van der Waals surface area contributed by atoms with Crippen LogP contribution in [0.2, 0.25) is 5.02 Å². The summed E-state index contributed by atoms with van der Waals surface area (Å²) in [6, 6.07) is 15.1. The van der Waals surface area contributed by atoms with Gasteiger partial charge in [0.15, 0.2) is 0 Å². The van der Waals surface area contributed by atoms with E-state index in [1.807, 2.05) is 12.1 Å². The van der Waals surface area contributed by atoms with Crippen molar-refractivity contribution in [1.29, 1.82) is 0 Å². The van der Waals surface area contributed by atoms with Gasteiger partial charge in [-0.05, 0) is 48.0 Å². The zero-order valence-electron chi connectivity index (χ0n) is 16.6. The van der Waals surface area contributed by atoms with Crippen LogP contribution in [0.5, 0.6) is 0 Å². The van der Waals surface area contributed by atoms with Crippen LogP contribution in [0.4, 0.5) is 0 Å². The van der Waals surface area contributed by atoms with Crippen molar-refractivity contribution in [2.24, 2.45) is 5.73 Å². The molecule has 1 amide bonds. The third kappa shape index (κ3) is 4.33. The fraction of sp³-hybridized carbons (Fsp3) is 0.182. The van der Waals surface area contributed by atoms with E-state index >= 15 is 0 Å². The van der Waals surface area contributed by atoms with Crippen LogP contribution >= 0.6 is 11.6 Å². The predicted octanol–water partition coefficient (Wildman–Crippen LogP) is 2.76. The maximum Gasteiger partial charge on any atom is 0.248 e. The second kappa shape index (κ2) is 8.76. The Morgan fingerprint density at radius 3 is 2.48 bits per heavy atom. The molecule has 0 atom stereocenters. The molecular formula is C22H21ClN4O3S. The Morgan fingerprint density at radius 2 is 1.81 bits per heavy atom. The summed E-state index contributed by atoms with van der Waals surface area (Å²) in [4.78, 5) is 16.3. The normalized spacial score (nSPS) is 15.0. The third-order valence-electron chi connectivity index (χ3n) is 5.18. The summed E-state index contributed by atoms with van der Waals surface area (Å²) >= 11 is 6.40. The van der Waals surface area contributed by atoms with E-state index in [0.717, 1.165) is 0 Å². The number of nitrogens with zero attached hydrogens (tertiary/aromatic N) is 2. The number of carbonyl (C=O) groups excluding carboxylic acids is 1. The maximum absolute atomic E-state index is 13.4. The second-order valence-electron chi connectivity index (χ2n) is 7.14. The lowest BCUT2D eigenvalue weighted by atomic mass is 9.99. The van der Waals surface area contributed by atoms with Crippen LogP contribution in [0.15, 0.2) is 65.7 Å². The van der Waals surface area contributed by atoms with Crippen LogP contribution < -0.4 is 11.1 Å². The number of sulfonamides is 1. The lowest BCUT2D eigenvalue weighted by Crippen LogP contribution is -2.46. The van der Waals surface area contributed by atoms with Crippen molar-refractivity contribution < 1.29 is 13.2 Å². The lowest BCUT2D eigenvalue weighted by Gasteiger charge is -2.27. The number of carbonyl (C=O) groups is 1. The van der Waals surface area contributed by atoms with E-state index in [1.165, 1.54) is 22.5 Å². The number of rotatable bonds is 5. The van der Waals surface area contributed by atoms with Crippen LogP contribution in [0.25, 0.3) is 22.4 Å². The first-order chi connectivity index (χ1) is 14.9. The molecule has 0 bridgehead atoms. The summed E-state index contributed by atoms with van der Waals surface area (Å²) in [6.45, 7) is 1.91. The van der Waals surface area contributed by atoms with Gasteiger partial charge in [-0.25, -0.2) is 8.42 Å². The SMILES string of the molecule is NC(=O)c1ccc(S(=O)(=O)N2CCNCC2)c(-c2ccc(Cl)c(-c3ccccn3)c2)c1. The van der Waals surface area contributed by atoms with Gasteiger partial charge in [0.1, 0.15) is 0 Å². The zero-order valence-corrected chi connectivity index (χ0v) is 18.2. The molecule has 31 heavy (non-hydrogen) atoms. The van der Waals surface area contributed by atoms with Crippen molar-refractivity contribution in [2.45, 2.75) is 4.90 Å². The van der Waals surface area contributed by atoms with Gasteiger partial charge in [-0.15, -0.1) is 0 Å². The Balaban J connectivity index is 1.89. The molecule has 0 aliphatic carbocycles. The Labute approximate surface area is 185 Å². The van der Waals surface area contributed by atoms with Gasteiger partial charge in [0.2, 0.25) is 15.9 Å². The number of benzene rings is 2. The highest BCUT2D eigenvalue weighted by Crippen LogP contribution is 2.35. The topological polar surface area (TPSA) is 105 Å². The molecule has 0 saturated carbocycles. The summed E-state index contributed by atoms with van der Waals surface area (Å²) in [6.07, 6.45) is 1.66. The monoisotopic (exact) mass is 456 g/mol. The summed E-state index contributed by atoms with van der Waals surface area (Å²) < 4.78 is 28.3. The van der Waals surface area contributed by atoms with Gasteiger partial charge in [0, 0.05) is 54.1 Å². The molecule has 2 aromatic carbocycles.